The summed E-state index contributed by atoms with van der Waals surface area (Å²) in [7, 11) is 0. The maximum absolute atomic E-state index is 11.9. The van der Waals surface area contributed by atoms with Gasteiger partial charge >= 0.3 is 5.97 Å². The molecular weight excluding hydrogens is 478 g/mol. The largest absolute Gasteiger partial charge is 0.466 e. The lowest BCUT2D eigenvalue weighted by atomic mass is 10.1. The molecule has 0 radical (unpaired) electrons. The van der Waals surface area contributed by atoms with Crippen molar-refractivity contribution in [1.82, 2.24) is 0 Å². The van der Waals surface area contributed by atoms with Crippen LogP contribution in [0.2, 0.25) is 0 Å². The summed E-state index contributed by atoms with van der Waals surface area (Å²) in [6.45, 7) is 3.73. The average Bonchev–Trinajstić information content (AvgIpc) is 2.94. The van der Waals surface area contributed by atoms with E-state index in [1.54, 1.807) is 0 Å². The third-order valence-electron chi connectivity index (χ3n) is 7.66. The monoisotopic (exact) mass is 548 g/mol. The predicted molar refractivity (Wildman–Crippen MR) is 173 cm³/mol. The molecule has 0 saturated carbocycles. The first-order chi connectivity index (χ1) is 19.3. The molecule has 0 heterocycles. The van der Waals surface area contributed by atoms with Crippen molar-refractivity contribution >= 4 is 5.97 Å². The van der Waals surface area contributed by atoms with E-state index in [-0.39, 0.29) is 5.97 Å². The summed E-state index contributed by atoms with van der Waals surface area (Å²) in [5.41, 5.74) is 5.53. The minimum atomic E-state index is 0.00556. The second-order valence-electron chi connectivity index (χ2n) is 11.6. The van der Waals surface area contributed by atoms with Gasteiger partial charge in [-0.15, -0.1) is 0 Å². The van der Waals surface area contributed by atoms with Crippen molar-refractivity contribution < 1.29 is 9.53 Å². The van der Waals surface area contributed by atoms with Crippen LogP contribution in [-0.2, 0) is 9.53 Å². The van der Waals surface area contributed by atoms with E-state index in [1.165, 1.54) is 154 Å². The zero-order chi connectivity index (χ0) is 28.3. The fourth-order valence-corrected chi connectivity index (χ4v) is 5.02. The summed E-state index contributed by atoms with van der Waals surface area (Å²) in [5, 5.41) is 0. The second-order valence-corrected chi connectivity index (χ2v) is 11.6. The van der Waals surface area contributed by atoms with E-state index in [1.807, 2.05) is 0 Å². The van der Waals surface area contributed by atoms with Crippen LogP contribution in [0, 0.1) is 0 Å². The maximum Gasteiger partial charge on any atom is 0.305 e. The molecule has 0 aromatic heterocycles. The van der Waals surface area contributed by atoms with Gasteiger partial charge in [-0.25, -0.2) is 0 Å². The molecule has 0 aliphatic heterocycles. The molecule has 3 nitrogen and oxygen atoms in total. The highest BCUT2D eigenvalue weighted by atomic mass is 16.5. The summed E-state index contributed by atoms with van der Waals surface area (Å²) in [4.78, 5) is 11.9. The number of rotatable bonds is 32. The molecule has 0 aliphatic rings. The number of hydrogen-bond donors (Lipinski definition) is 1. The molecule has 0 bridgehead atoms. The Morgan fingerprint density at radius 3 is 1.28 bits per heavy atom. The van der Waals surface area contributed by atoms with Gasteiger partial charge in [0.2, 0.25) is 0 Å². The Hall–Kier alpha value is -1.09. The zero-order valence-corrected chi connectivity index (χ0v) is 26.4. The fraction of sp³-hybridized carbons (Fsp3) is 0.861. The molecule has 0 spiro atoms. The summed E-state index contributed by atoms with van der Waals surface area (Å²) in [6.07, 6.45) is 44.6. The van der Waals surface area contributed by atoms with E-state index < -0.39 is 0 Å². The number of esters is 1. The summed E-state index contributed by atoms with van der Waals surface area (Å²) < 4.78 is 5.42. The molecule has 3 heteroatoms. The van der Waals surface area contributed by atoms with Gasteiger partial charge < -0.3 is 10.5 Å². The molecule has 0 atom stereocenters. The van der Waals surface area contributed by atoms with Crippen molar-refractivity contribution in [2.75, 3.05) is 13.2 Å². The molecule has 0 fully saturated rings. The maximum atomic E-state index is 11.9. The highest BCUT2D eigenvalue weighted by Crippen LogP contribution is 2.12. The molecule has 0 amide bonds. The minimum Gasteiger partial charge on any atom is -0.466 e. The number of carbonyl (C=O) groups excluding carboxylic acids is 1. The van der Waals surface area contributed by atoms with E-state index in [0.29, 0.717) is 13.0 Å². The standard InChI is InChI=1S/C36H69NO2/c1-2-3-4-5-6-7-8-9-12-15-18-21-24-27-30-33-36(38)39-35-32-29-26-23-20-17-14-11-10-13-16-19-22-25-28-31-34-37/h9-12H,2-8,13-35,37H2,1H3/b11-10-,12-9-. The van der Waals surface area contributed by atoms with Gasteiger partial charge in [0.05, 0.1) is 6.61 Å². The molecular formula is C36H69NO2. The Labute approximate surface area is 245 Å². The number of carbonyl (C=O) groups is 1. The van der Waals surface area contributed by atoms with Crippen LogP contribution in [0.25, 0.3) is 0 Å². The van der Waals surface area contributed by atoms with Crippen molar-refractivity contribution in [2.24, 2.45) is 5.73 Å². The first-order valence-electron chi connectivity index (χ1n) is 17.5. The Balaban J connectivity index is 3.23. The lowest BCUT2D eigenvalue weighted by Crippen LogP contribution is -2.05. The van der Waals surface area contributed by atoms with Crippen LogP contribution < -0.4 is 5.73 Å². The molecule has 0 aliphatic carbocycles. The lowest BCUT2D eigenvalue weighted by Gasteiger charge is -2.05. The third-order valence-corrected chi connectivity index (χ3v) is 7.66. The van der Waals surface area contributed by atoms with E-state index >= 15 is 0 Å². The van der Waals surface area contributed by atoms with Crippen LogP contribution in [0.1, 0.15) is 187 Å². The van der Waals surface area contributed by atoms with Gasteiger partial charge in [-0.1, -0.05) is 134 Å². The molecule has 39 heavy (non-hydrogen) atoms. The molecule has 230 valence electrons. The summed E-state index contributed by atoms with van der Waals surface area (Å²) in [5.74, 6) is 0.00556. The van der Waals surface area contributed by atoms with Gasteiger partial charge in [0, 0.05) is 6.42 Å². The highest BCUT2D eigenvalue weighted by Gasteiger charge is 2.02. The zero-order valence-electron chi connectivity index (χ0n) is 26.4. The van der Waals surface area contributed by atoms with Crippen molar-refractivity contribution in [2.45, 2.75) is 187 Å². The van der Waals surface area contributed by atoms with Crippen LogP contribution in [0.4, 0.5) is 0 Å². The topological polar surface area (TPSA) is 52.3 Å². The van der Waals surface area contributed by atoms with Crippen LogP contribution in [0.15, 0.2) is 24.3 Å². The lowest BCUT2D eigenvalue weighted by molar-refractivity contribution is -0.143. The van der Waals surface area contributed by atoms with Gasteiger partial charge in [-0.3, -0.25) is 4.79 Å². The SMILES string of the molecule is CCCCCCCC/C=C\CCCCCCCC(=O)OCCCCCCCC/C=C\CCCCCCCCN. The van der Waals surface area contributed by atoms with E-state index in [2.05, 4.69) is 31.2 Å². The smallest absolute Gasteiger partial charge is 0.305 e. The second kappa shape index (κ2) is 34.9. The van der Waals surface area contributed by atoms with Crippen LogP contribution in [-0.4, -0.2) is 19.1 Å². The Morgan fingerprint density at radius 2 is 0.846 bits per heavy atom. The third kappa shape index (κ3) is 34.9. The quantitative estimate of drug-likeness (QED) is 0.0517. The Morgan fingerprint density at radius 1 is 0.487 bits per heavy atom. The molecule has 2 N–H and O–H groups in total. The normalized spacial score (nSPS) is 11.7. The first kappa shape index (κ1) is 37.9. The number of ether oxygens (including phenoxy) is 1. The van der Waals surface area contributed by atoms with Gasteiger partial charge in [-0.2, -0.15) is 0 Å². The minimum absolute atomic E-state index is 0.00556. The predicted octanol–water partition coefficient (Wildman–Crippen LogP) is 11.5. The number of allylic oxidation sites excluding steroid dienone is 4. The molecule has 0 saturated heterocycles. The molecule has 0 unspecified atom stereocenters. The van der Waals surface area contributed by atoms with Crippen molar-refractivity contribution in [3.63, 3.8) is 0 Å². The summed E-state index contributed by atoms with van der Waals surface area (Å²) >= 11 is 0. The van der Waals surface area contributed by atoms with Crippen molar-refractivity contribution in [3.8, 4) is 0 Å². The van der Waals surface area contributed by atoms with E-state index in [9.17, 15) is 4.79 Å². The molecule has 0 rings (SSSR count). The van der Waals surface area contributed by atoms with Crippen molar-refractivity contribution in [1.29, 1.82) is 0 Å². The van der Waals surface area contributed by atoms with Crippen LogP contribution >= 0.6 is 0 Å². The van der Waals surface area contributed by atoms with Gasteiger partial charge in [0.15, 0.2) is 0 Å². The number of hydrogen-bond acceptors (Lipinski definition) is 3. The average molecular weight is 548 g/mol. The fourth-order valence-electron chi connectivity index (χ4n) is 5.02. The van der Waals surface area contributed by atoms with Gasteiger partial charge in [-0.05, 0) is 77.2 Å². The van der Waals surface area contributed by atoms with E-state index in [4.69, 9.17) is 10.5 Å². The first-order valence-corrected chi connectivity index (χ1v) is 17.5. The van der Waals surface area contributed by atoms with Crippen LogP contribution in [0.5, 0.6) is 0 Å². The van der Waals surface area contributed by atoms with Crippen molar-refractivity contribution in [3.05, 3.63) is 24.3 Å². The van der Waals surface area contributed by atoms with Gasteiger partial charge in [0.1, 0.15) is 0 Å². The van der Waals surface area contributed by atoms with Crippen LogP contribution in [0.3, 0.4) is 0 Å². The van der Waals surface area contributed by atoms with Gasteiger partial charge in [0.25, 0.3) is 0 Å². The molecule has 0 aromatic rings. The summed E-state index contributed by atoms with van der Waals surface area (Å²) in [6, 6.07) is 0. The molecule has 0 aromatic carbocycles. The number of unbranched alkanes of at least 4 members (excludes halogenated alkanes) is 23. The Kier molecular flexibility index (Phi) is 34.0. The Bertz CT molecular complexity index is 528. The number of nitrogens with two attached hydrogens (primary N) is 1. The van der Waals surface area contributed by atoms with E-state index in [0.717, 1.165) is 25.8 Å². The highest BCUT2D eigenvalue weighted by molar-refractivity contribution is 5.69.